The molecule has 1 saturated heterocycles. The van der Waals surface area contributed by atoms with Gasteiger partial charge in [-0.15, -0.1) is 11.3 Å². The van der Waals surface area contributed by atoms with Crippen molar-refractivity contribution in [1.29, 1.82) is 0 Å². The van der Waals surface area contributed by atoms with Crippen LogP contribution in [0.1, 0.15) is 59.1 Å². The SMILES string of the molecule is CCN(C(=O)c1cc2c(s1)CCCCCC2)[C@@H]1CCS(=O)(=O)C1. The second-order valence-electron chi connectivity index (χ2n) is 6.62. The average Bonchev–Trinajstić information content (AvgIpc) is 3.03. The number of nitrogens with zero attached hydrogens (tertiary/aromatic N) is 1. The Balaban J connectivity index is 1.80. The fourth-order valence-corrected chi connectivity index (χ4v) is 6.62. The van der Waals surface area contributed by atoms with E-state index < -0.39 is 9.84 Å². The number of carbonyl (C=O) groups excluding carboxylic acids is 1. The van der Waals surface area contributed by atoms with E-state index in [1.807, 2.05) is 6.92 Å². The predicted molar refractivity (Wildman–Crippen MR) is 94.0 cm³/mol. The lowest BCUT2D eigenvalue weighted by Gasteiger charge is -2.26. The molecular weight excluding hydrogens is 330 g/mol. The van der Waals surface area contributed by atoms with E-state index in [0.717, 1.165) is 17.7 Å². The quantitative estimate of drug-likeness (QED) is 0.837. The molecule has 0 aromatic carbocycles. The minimum Gasteiger partial charge on any atom is -0.334 e. The van der Waals surface area contributed by atoms with Gasteiger partial charge in [0, 0.05) is 17.5 Å². The van der Waals surface area contributed by atoms with Crippen molar-refractivity contribution in [2.24, 2.45) is 0 Å². The van der Waals surface area contributed by atoms with E-state index in [0.29, 0.717) is 13.0 Å². The third-order valence-electron chi connectivity index (χ3n) is 4.96. The van der Waals surface area contributed by atoms with E-state index in [1.54, 1.807) is 16.2 Å². The minimum atomic E-state index is -2.97. The molecule has 1 aromatic heterocycles. The van der Waals surface area contributed by atoms with Crippen LogP contribution in [0.4, 0.5) is 0 Å². The normalized spacial score (nSPS) is 23.8. The molecule has 1 fully saturated rings. The van der Waals surface area contributed by atoms with Crippen molar-refractivity contribution in [3.8, 4) is 0 Å². The van der Waals surface area contributed by atoms with Gasteiger partial charge in [0.05, 0.1) is 16.4 Å². The van der Waals surface area contributed by atoms with Crippen LogP contribution in [0.3, 0.4) is 0 Å². The number of fused-ring (bicyclic) bond motifs is 1. The van der Waals surface area contributed by atoms with Gasteiger partial charge in [-0.05, 0) is 50.7 Å². The zero-order valence-electron chi connectivity index (χ0n) is 13.7. The Kier molecular flexibility index (Phi) is 5.11. The molecule has 128 valence electrons. The van der Waals surface area contributed by atoms with Gasteiger partial charge in [-0.3, -0.25) is 4.79 Å². The lowest BCUT2D eigenvalue weighted by atomic mass is 9.99. The summed E-state index contributed by atoms with van der Waals surface area (Å²) in [4.78, 5) is 16.8. The highest BCUT2D eigenvalue weighted by Gasteiger charge is 2.34. The molecule has 0 unspecified atom stereocenters. The van der Waals surface area contributed by atoms with Crippen molar-refractivity contribution in [3.05, 3.63) is 21.4 Å². The molecule has 6 heteroatoms. The molecule has 1 aliphatic heterocycles. The fraction of sp³-hybridized carbons (Fsp3) is 0.706. The maximum atomic E-state index is 12.9. The van der Waals surface area contributed by atoms with Gasteiger partial charge in [-0.25, -0.2) is 8.42 Å². The molecule has 1 amide bonds. The van der Waals surface area contributed by atoms with E-state index in [2.05, 4.69) is 6.07 Å². The van der Waals surface area contributed by atoms with E-state index in [1.165, 1.54) is 36.1 Å². The molecule has 1 aliphatic carbocycles. The molecular formula is C17H25NO3S2. The van der Waals surface area contributed by atoms with Crippen molar-refractivity contribution in [3.63, 3.8) is 0 Å². The molecule has 0 radical (unpaired) electrons. The second-order valence-corrected chi connectivity index (χ2v) is 9.99. The molecule has 2 heterocycles. The number of rotatable bonds is 3. The Morgan fingerprint density at radius 2 is 2.00 bits per heavy atom. The van der Waals surface area contributed by atoms with Crippen molar-refractivity contribution < 1.29 is 13.2 Å². The molecule has 1 atom stereocenters. The summed E-state index contributed by atoms with van der Waals surface area (Å²) in [6, 6.07) is 1.92. The van der Waals surface area contributed by atoms with Crippen molar-refractivity contribution in [2.45, 2.75) is 57.9 Å². The minimum absolute atomic E-state index is 0.0198. The van der Waals surface area contributed by atoms with Crippen LogP contribution in [0.2, 0.25) is 0 Å². The molecule has 0 saturated carbocycles. The Morgan fingerprint density at radius 3 is 2.65 bits per heavy atom. The number of aryl methyl sites for hydroxylation is 2. The van der Waals surface area contributed by atoms with Gasteiger partial charge in [0.2, 0.25) is 0 Å². The Hall–Kier alpha value is -0.880. The summed E-state index contributed by atoms with van der Waals surface area (Å²) in [5, 5.41) is 0. The van der Waals surface area contributed by atoms with E-state index in [4.69, 9.17) is 0 Å². The highest BCUT2D eigenvalue weighted by Crippen LogP contribution is 2.30. The van der Waals surface area contributed by atoms with Gasteiger partial charge < -0.3 is 4.90 Å². The summed E-state index contributed by atoms with van der Waals surface area (Å²) < 4.78 is 23.4. The van der Waals surface area contributed by atoms with E-state index in [-0.39, 0.29) is 23.5 Å². The molecule has 3 rings (SSSR count). The standard InChI is InChI=1S/C17H25NO3S2/c1-2-18(14-9-10-23(20,21)12-14)17(19)16-11-13-7-5-3-4-6-8-15(13)22-16/h11,14H,2-10,12H2,1H3/t14-/m1/s1. The second kappa shape index (κ2) is 6.93. The van der Waals surface area contributed by atoms with Crippen LogP contribution in [0.5, 0.6) is 0 Å². The monoisotopic (exact) mass is 355 g/mol. The first-order valence-corrected chi connectivity index (χ1v) is 11.3. The smallest absolute Gasteiger partial charge is 0.264 e. The van der Waals surface area contributed by atoms with Crippen molar-refractivity contribution in [2.75, 3.05) is 18.1 Å². The lowest BCUT2D eigenvalue weighted by Crippen LogP contribution is -2.40. The molecule has 2 aliphatic rings. The van der Waals surface area contributed by atoms with Gasteiger partial charge in [0.25, 0.3) is 5.91 Å². The summed E-state index contributed by atoms with van der Waals surface area (Å²) in [7, 11) is -2.97. The zero-order chi connectivity index (χ0) is 16.4. The molecule has 0 N–H and O–H groups in total. The number of carbonyl (C=O) groups is 1. The molecule has 23 heavy (non-hydrogen) atoms. The number of amides is 1. The molecule has 0 spiro atoms. The number of sulfone groups is 1. The summed E-state index contributed by atoms with van der Waals surface area (Å²) >= 11 is 1.63. The van der Waals surface area contributed by atoms with Gasteiger partial charge >= 0.3 is 0 Å². The lowest BCUT2D eigenvalue weighted by molar-refractivity contribution is 0.0713. The Morgan fingerprint density at radius 1 is 1.26 bits per heavy atom. The molecule has 4 nitrogen and oxygen atoms in total. The maximum absolute atomic E-state index is 12.9. The Bertz CT molecular complexity index is 653. The van der Waals surface area contributed by atoms with Crippen molar-refractivity contribution in [1.82, 2.24) is 4.90 Å². The average molecular weight is 356 g/mol. The van der Waals surface area contributed by atoms with E-state index >= 15 is 0 Å². The number of thiophene rings is 1. The van der Waals surface area contributed by atoms with Gasteiger partial charge in [0.15, 0.2) is 9.84 Å². The maximum Gasteiger partial charge on any atom is 0.264 e. The number of hydrogen-bond acceptors (Lipinski definition) is 4. The first-order chi connectivity index (χ1) is 11.0. The highest BCUT2D eigenvalue weighted by atomic mass is 32.2. The van der Waals surface area contributed by atoms with Gasteiger partial charge in [-0.2, -0.15) is 0 Å². The largest absolute Gasteiger partial charge is 0.334 e. The van der Waals surface area contributed by atoms with Crippen LogP contribution in [0.15, 0.2) is 6.07 Å². The van der Waals surface area contributed by atoms with E-state index in [9.17, 15) is 13.2 Å². The van der Waals surface area contributed by atoms with Gasteiger partial charge in [0.1, 0.15) is 0 Å². The first kappa shape index (κ1) is 17.0. The van der Waals surface area contributed by atoms with Crippen LogP contribution in [-0.2, 0) is 22.7 Å². The third-order valence-corrected chi connectivity index (χ3v) is 7.93. The van der Waals surface area contributed by atoms with Gasteiger partial charge in [-0.1, -0.05) is 12.8 Å². The summed E-state index contributed by atoms with van der Waals surface area (Å²) in [5.74, 6) is 0.353. The first-order valence-electron chi connectivity index (χ1n) is 8.63. The van der Waals surface area contributed by atoms with Crippen molar-refractivity contribution >= 4 is 27.1 Å². The van der Waals surface area contributed by atoms with Crippen LogP contribution in [0, 0.1) is 0 Å². The number of hydrogen-bond donors (Lipinski definition) is 0. The van der Waals surface area contributed by atoms with Crippen LogP contribution < -0.4 is 0 Å². The fourth-order valence-electron chi connectivity index (χ4n) is 3.68. The van der Waals surface area contributed by atoms with Crippen LogP contribution >= 0.6 is 11.3 Å². The van der Waals surface area contributed by atoms with Crippen LogP contribution in [0.25, 0.3) is 0 Å². The third kappa shape index (κ3) is 3.79. The summed E-state index contributed by atoms with van der Waals surface area (Å²) in [5.41, 5.74) is 1.34. The summed E-state index contributed by atoms with van der Waals surface area (Å²) in [6.45, 7) is 2.51. The molecule has 1 aromatic rings. The zero-order valence-corrected chi connectivity index (χ0v) is 15.3. The Labute approximate surface area is 142 Å². The summed E-state index contributed by atoms with van der Waals surface area (Å²) in [6.07, 6.45) is 7.70. The molecule has 0 bridgehead atoms. The van der Waals surface area contributed by atoms with Crippen LogP contribution in [-0.4, -0.2) is 43.3 Å². The predicted octanol–water partition coefficient (Wildman–Crippen LogP) is 3.06. The topological polar surface area (TPSA) is 54.5 Å². The highest BCUT2D eigenvalue weighted by molar-refractivity contribution is 7.91.